The molecule has 0 aliphatic heterocycles. The van der Waals surface area contributed by atoms with Crippen molar-refractivity contribution in [2.24, 2.45) is 7.05 Å². The van der Waals surface area contributed by atoms with E-state index in [-0.39, 0.29) is 5.95 Å². The molecule has 4 aromatic rings. The number of nitrogens with two attached hydrogens (primary N) is 1. The van der Waals surface area contributed by atoms with E-state index in [1.165, 1.54) is 17.3 Å². The van der Waals surface area contributed by atoms with Gasteiger partial charge in [0.15, 0.2) is 11.0 Å². The lowest BCUT2D eigenvalue weighted by Gasteiger charge is -2.10. The fourth-order valence-corrected chi connectivity index (χ4v) is 3.94. The summed E-state index contributed by atoms with van der Waals surface area (Å²) in [5, 5.41) is 13.3. The van der Waals surface area contributed by atoms with Gasteiger partial charge < -0.3 is 15.6 Å². The summed E-state index contributed by atoms with van der Waals surface area (Å²) < 4.78 is 1.93. The summed E-state index contributed by atoms with van der Waals surface area (Å²) in [4.78, 5) is 13.0. The van der Waals surface area contributed by atoms with Gasteiger partial charge in [-0.15, -0.1) is 10.2 Å². The molecule has 158 valence electrons. The lowest BCUT2D eigenvalue weighted by Crippen LogP contribution is -2.07. The highest BCUT2D eigenvalue weighted by atomic mass is 35.5. The van der Waals surface area contributed by atoms with E-state index in [1.54, 1.807) is 0 Å². The predicted molar refractivity (Wildman–Crippen MR) is 124 cm³/mol. The van der Waals surface area contributed by atoms with E-state index in [2.05, 4.69) is 43.5 Å². The molecule has 10 heteroatoms. The van der Waals surface area contributed by atoms with Crippen LogP contribution in [-0.2, 0) is 19.2 Å². The van der Waals surface area contributed by atoms with Crippen molar-refractivity contribution < 1.29 is 0 Å². The lowest BCUT2D eigenvalue weighted by atomic mass is 10.1. The van der Waals surface area contributed by atoms with Crippen LogP contribution in [-0.4, -0.2) is 29.7 Å². The molecule has 0 aliphatic carbocycles. The number of aryl methyl sites for hydroxylation is 1. The highest BCUT2D eigenvalue weighted by molar-refractivity contribution is 7.98. The number of hydrogen-bond donors (Lipinski definition) is 2. The molecule has 8 nitrogen and oxygen atoms in total. The number of thioether (sulfide) groups is 1. The Bertz CT molecular complexity index is 1190. The van der Waals surface area contributed by atoms with Crippen molar-refractivity contribution in [3.63, 3.8) is 0 Å². The summed E-state index contributed by atoms with van der Waals surface area (Å²) in [6, 6.07) is 15.5. The largest absolute Gasteiger partial charge is 0.368 e. The molecule has 0 spiro atoms. The first-order valence-electron chi connectivity index (χ1n) is 9.67. The molecule has 2 aromatic heterocycles. The van der Waals surface area contributed by atoms with E-state index in [0.717, 1.165) is 28.7 Å². The minimum absolute atomic E-state index is 0.168. The summed E-state index contributed by atoms with van der Waals surface area (Å²) in [7, 11) is 1.92. The Labute approximate surface area is 189 Å². The zero-order valence-electron chi connectivity index (χ0n) is 17.1. The first-order valence-corrected chi connectivity index (χ1v) is 11.0. The molecule has 0 unspecified atom stereocenters. The second kappa shape index (κ2) is 9.32. The van der Waals surface area contributed by atoms with Crippen LogP contribution in [0.5, 0.6) is 0 Å². The molecule has 0 saturated carbocycles. The number of hydrogen-bond acceptors (Lipinski definition) is 8. The topological polar surface area (TPSA) is 107 Å². The third kappa shape index (κ3) is 4.95. The zero-order valence-corrected chi connectivity index (χ0v) is 18.7. The van der Waals surface area contributed by atoms with Crippen molar-refractivity contribution in [2.45, 2.75) is 24.3 Å². The van der Waals surface area contributed by atoms with Crippen LogP contribution in [0.4, 0.5) is 17.6 Å². The first-order chi connectivity index (χ1) is 15.0. The highest BCUT2D eigenvalue weighted by Crippen LogP contribution is 2.26. The summed E-state index contributed by atoms with van der Waals surface area (Å²) in [6.07, 6.45) is 0.897. The fourth-order valence-electron chi connectivity index (χ4n) is 3.05. The average Bonchev–Trinajstić information content (AvgIpc) is 3.13. The second-order valence-corrected chi connectivity index (χ2v) is 8.11. The molecule has 0 saturated heterocycles. The van der Waals surface area contributed by atoms with Gasteiger partial charge in [-0.2, -0.15) is 15.0 Å². The summed E-state index contributed by atoms with van der Waals surface area (Å²) >= 11 is 7.45. The molecule has 0 aliphatic rings. The van der Waals surface area contributed by atoms with Gasteiger partial charge in [-0.05, 0) is 42.3 Å². The molecule has 0 atom stereocenters. The van der Waals surface area contributed by atoms with Gasteiger partial charge in [-0.1, -0.05) is 48.5 Å². The van der Waals surface area contributed by atoms with Crippen molar-refractivity contribution in [2.75, 3.05) is 11.1 Å². The molecular weight excluding hydrogens is 432 g/mol. The normalized spacial score (nSPS) is 10.9. The maximum Gasteiger partial charge on any atom is 0.232 e. The lowest BCUT2D eigenvalue weighted by molar-refractivity contribution is 0.792. The van der Waals surface area contributed by atoms with Gasteiger partial charge in [0.25, 0.3) is 0 Å². The molecule has 0 radical (unpaired) electrons. The summed E-state index contributed by atoms with van der Waals surface area (Å²) in [5.41, 5.74) is 8.99. The Morgan fingerprint density at radius 3 is 2.58 bits per heavy atom. The number of halogens is 1. The standard InChI is InChI=1S/C21H21ClN8S/c1-3-13-6-4-5-7-16(13)24-20-26-17(25-19(23)27-20)12-31-21-29-28-18(30(21)2)14-8-10-15(22)11-9-14/h4-11H,3,12H2,1-2H3,(H3,23,24,25,26,27). The van der Waals surface area contributed by atoms with Crippen LogP contribution < -0.4 is 11.1 Å². The molecule has 2 heterocycles. The molecule has 0 amide bonds. The van der Waals surface area contributed by atoms with E-state index in [9.17, 15) is 0 Å². The van der Waals surface area contributed by atoms with E-state index in [0.29, 0.717) is 22.5 Å². The van der Waals surface area contributed by atoms with Gasteiger partial charge in [0.2, 0.25) is 11.9 Å². The minimum atomic E-state index is 0.168. The van der Waals surface area contributed by atoms with Crippen LogP contribution in [0.3, 0.4) is 0 Å². The Kier molecular flexibility index (Phi) is 6.34. The Balaban J connectivity index is 1.50. The Hall–Kier alpha value is -3.17. The minimum Gasteiger partial charge on any atom is -0.368 e. The Morgan fingerprint density at radius 1 is 1.03 bits per heavy atom. The van der Waals surface area contributed by atoms with Crippen LogP contribution in [0.1, 0.15) is 18.3 Å². The van der Waals surface area contributed by atoms with Crippen molar-refractivity contribution in [3.05, 3.63) is 64.9 Å². The zero-order chi connectivity index (χ0) is 21.8. The SMILES string of the molecule is CCc1ccccc1Nc1nc(N)nc(CSc2nnc(-c3ccc(Cl)cc3)n2C)n1. The maximum absolute atomic E-state index is 5.97. The van der Waals surface area contributed by atoms with E-state index in [4.69, 9.17) is 17.3 Å². The average molecular weight is 453 g/mol. The molecular formula is C21H21ClN8S. The van der Waals surface area contributed by atoms with Gasteiger partial charge in [0, 0.05) is 23.3 Å². The van der Waals surface area contributed by atoms with Crippen molar-refractivity contribution in [1.29, 1.82) is 0 Å². The van der Waals surface area contributed by atoms with E-state index < -0.39 is 0 Å². The third-order valence-electron chi connectivity index (χ3n) is 4.61. The van der Waals surface area contributed by atoms with Gasteiger partial charge in [0.05, 0.1) is 5.75 Å². The molecule has 0 bridgehead atoms. The number of benzene rings is 2. The van der Waals surface area contributed by atoms with Crippen LogP contribution in [0.25, 0.3) is 11.4 Å². The number of nitrogens with zero attached hydrogens (tertiary/aromatic N) is 6. The van der Waals surface area contributed by atoms with Crippen LogP contribution in [0.15, 0.2) is 53.7 Å². The van der Waals surface area contributed by atoms with Crippen molar-refractivity contribution in [3.8, 4) is 11.4 Å². The number of anilines is 3. The van der Waals surface area contributed by atoms with E-state index in [1.807, 2.05) is 54.1 Å². The third-order valence-corrected chi connectivity index (χ3v) is 5.88. The van der Waals surface area contributed by atoms with Crippen molar-refractivity contribution in [1.82, 2.24) is 29.7 Å². The van der Waals surface area contributed by atoms with Crippen LogP contribution >= 0.6 is 23.4 Å². The summed E-state index contributed by atoms with van der Waals surface area (Å²) in [6.45, 7) is 2.10. The maximum atomic E-state index is 5.97. The number of para-hydroxylation sites is 1. The second-order valence-electron chi connectivity index (χ2n) is 6.73. The predicted octanol–water partition coefficient (Wildman–Crippen LogP) is 4.50. The van der Waals surface area contributed by atoms with Gasteiger partial charge >= 0.3 is 0 Å². The van der Waals surface area contributed by atoms with Gasteiger partial charge in [0.1, 0.15) is 5.82 Å². The first kappa shape index (κ1) is 21.1. The number of nitrogens with one attached hydrogen (secondary N) is 1. The Morgan fingerprint density at radius 2 is 1.81 bits per heavy atom. The fraction of sp³-hybridized carbons (Fsp3) is 0.190. The number of nitrogen functional groups attached to an aromatic ring is 1. The molecule has 31 heavy (non-hydrogen) atoms. The highest BCUT2D eigenvalue weighted by Gasteiger charge is 2.13. The number of aromatic nitrogens is 6. The van der Waals surface area contributed by atoms with Gasteiger partial charge in [-0.3, -0.25) is 0 Å². The van der Waals surface area contributed by atoms with Crippen molar-refractivity contribution >= 4 is 40.9 Å². The summed E-state index contributed by atoms with van der Waals surface area (Å²) in [5.74, 6) is 2.38. The number of rotatable bonds is 7. The van der Waals surface area contributed by atoms with E-state index >= 15 is 0 Å². The molecule has 4 rings (SSSR count). The van der Waals surface area contributed by atoms with Gasteiger partial charge in [-0.25, -0.2) is 0 Å². The van der Waals surface area contributed by atoms with Crippen LogP contribution in [0, 0.1) is 0 Å². The molecule has 2 aromatic carbocycles. The van der Waals surface area contributed by atoms with Crippen LogP contribution in [0.2, 0.25) is 5.02 Å². The molecule has 0 fully saturated rings. The monoisotopic (exact) mass is 452 g/mol. The quantitative estimate of drug-likeness (QED) is 0.394. The smallest absolute Gasteiger partial charge is 0.232 e. The molecule has 3 N–H and O–H groups in total.